The monoisotopic (exact) mass is 298 g/mol. The standard InChI is InChI=1S/C16H14N2O2S/c1-20-11-7-8-13-12(9-11)16(19)18-15(17-13)14(21)10-5-3-2-4-6-10/h2-9,14,21H,1H3,(H,17,18,19). The van der Waals surface area contributed by atoms with Gasteiger partial charge in [0.2, 0.25) is 0 Å². The molecule has 0 spiro atoms. The third-order valence-corrected chi connectivity index (χ3v) is 3.85. The van der Waals surface area contributed by atoms with Gasteiger partial charge in [0.1, 0.15) is 11.6 Å². The van der Waals surface area contributed by atoms with Crippen LogP contribution < -0.4 is 10.3 Å². The minimum Gasteiger partial charge on any atom is -0.497 e. The SMILES string of the molecule is COc1ccc2nc(C(S)c3ccccc3)[nH]c(=O)c2c1. The van der Waals surface area contributed by atoms with Crippen LogP contribution in [0, 0.1) is 0 Å². The maximum absolute atomic E-state index is 12.2. The molecule has 0 bridgehead atoms. The predicted octanol–water partition coefficient (Wildman–Crippen LogP) is 2.95. The van der Waals surface area contributed by atoms with Gasteiger partial charge in [-0.15, -0.1) is 0 Å². The lowest BCUT2D eigenvalue weighted by Crippen LogP contribution is -2.13. The van der Waals surface area contributed by atoms with Gasteiger partial charge in [-0.3, -0.25) is 4.79 Å². The molecule has 3 aromatic rings. The Kier molecular flexibility index (Phi) is 3.66. The van der Waals surface area contributed by atoms with Gasteiger partial charge in [-0.05, 0) is 23.8 Å². The molecule has 21 heavy (non-hydrogen) atoms. The van der Waals surface area contributed by atoms with Gasteiger partial charge in [-0.1, -0.05) is 30.3 Å². The Labute approximate surface area is 127 Å². The first-order chi connectivity index (χ1) is 10.2. The van der Waals surface area contributed by atoms with Crippen LogP contribution in [-0.2, 0) is 0 Å². The Morgan fingerprint density at radius 2 is 1.95 bits per heavy atom. The average molecular weight is 298 g/mol. The van der Waals surface area contributed by atoms with Gasteiger partial charge in [0, 0.05) is 0 Å². The Morgan fingerprint density at radius 1 is 1.19 bits per heavy atom. The number of nitrogens with one attached hydrogen (secondary N) is 1. The van der Waals surface area contributed by atoms with Gasteiger partial charge < -0.3 is 9.72 Å². The van der Waals surface area contributed by atoms with E-state index in [0.29, 0.717) is 22.5 Å². The van der Waals surface area contributed by atoms with E-state index in [-0.39, 0.29) is 10.8 Å². The number of fused-ring (bicyclic) bond motifs is 1. The number of benzene rings is 2. The molecule has 4 nitrogen and oxygen atoms in total. The number of H-pyrrole nitrogens is 1. The Balaban J connectivity index is 2.11. The van der Waals surface area contributed by atoms with Crippen molar-refractivity contribution in [3.05, 3.63) is 70.3 Å². The Hall–Kier alpha value is -2.27. The summed E-state index contributed by atoms with van der Waals surface area (Å²) in [6, 6.07) is 15.0. The van der Waals surface area contributed by atoms with Crippen molar-refractivity contribution in [1.82, 2.24) is 9.97 Å². The molecule has 5 heteroatoms. The molecule has 1 aromatic heterocycles. The van der Waals surface area contributed by atoms with E-state index in [1.54, 1.807) is 25.3 Å². The van der Waals surface area contributed by atoms with E-state index < -0.39 is 0 Å². The van der Waals surface area contributed by atoms with Gasteiger partial charge >= 0.3 is 0 Å². The molecule has 106 valence electrons. The molecule has 0 aliphatic heterocycles. The summed E-state index contributed by atoms with van der Waals surface area (Å²) in [5, 5.41) is 0.233. The van der Waals surface area contributed by atoms with Crippen molar-refractivity contribution >= 4 is 23.5 Å². The van der Waals surface area contributed by atoms with Crippen LogP contribution in [0.1, 0.15) is 16.6 Å². The van der Waals surface area contributed by atoms with Crippen molar-refractivity contribution in [2.24, 2.45) is 0 Å². The fourth-order valence-electron chi connectivity index (χ4n) is 2.19. The average Bonchev–Trinajstić information content (AvgIpc) is 2.54. The van der Waals surface area contributed by atoms with Crippen molar-refractivity contribution in [2.45, 2.75) is 5.25 Å². The topological polar surface area (TPSA) is 55.0 Å². The highest BCUT2D eigenvalue weighted by Gasteiger charge is 2.13. The molecule has 1 unspecified atom stereocenters. The summed E-state index contributed by atoms with van der Waals surface area (Å²) in [7, 11) is 1.57. The molecule has 0 fully saturated rings. The summed E-state index contributed by atoms with van der Waals surface area (Å²) < 4.78 is 5.13. The van der Waals surface area contributed by atoms with Crippen molar-refractivity contribution in [2.75, 3.05) is 7.11 Å². The third-order valence-electron chi connectivity index (χ3n) is 3.31. The lowest BCUT2D eigenvalue weighted by atomic mass is 10.1. The molecule has 0 radical (unpaired) electrons. The van der Waals surface area contributed by atoms with Crippen molar-refractivity contribution in [3.8, 4) is 5.75 Å². The number of methoxy groups -OCH3 is 1. The second-order valence-corrected chi connectivity index (χ2v) is 5.16. The number of hydrogen-bond donors (Lipinski definition) is 2. The van der Waals surface area contributed by atoms with Crippen LogP contribution in [0.25, 0.3) is 10.9 Å². The number of nitrogens with zero attached hydrogens (tertiary/aromatic N) is 1. The molecule has 3 rings (SSSR count). The summed E-state index contributed by atoms with van der Waals surface area (Å²) >= 11 is 4.56. The lowest BCUT2D eigenvalue weighted by Gasteiger charge is -2.11. The van der Waals surface area contributed by atoms with E-state index in [0.717, 1.165) is 5.56 Å². The first kappa shape index (κ1) is 13.7. The number of aromatic amines is 1. The Morgan fingerprint density at radius 3 is 2.67 bits per heavy atom. The van der Waals surface area contributed by atoms with Gasteiger partial charge in [0.15, 0.2) is 0 Å². The molecule has 1 heterocycles. The highest BCUT2D eigenvalue weighted by Crippen LogP contribution is 2.26. The van der Waals surface area contributed by atoms with Gasteiger partial charge in [-0.25, -0.2) is 4.98 Å². The van der Waals surface area contributed by atoms with Crippen LogP contribution in [0.2, 0.25) is 0 Å². The molecular weight excluding hydrogens is 284 g/mol. The zero-order valence-electron chi connectivity index (χ0n) is 11.4. The number of hydrogen-bond acceptors (Lipinski definition) is 4. The minimum atomic E-state index is -0.273. The normalized spacial score (nSPS) is 12.3. The first-order valence-electron chi connectivity index (χ1n) is 6.50. The number of ether oxygens (including phenoxy) is 1. The van der Waals surface area contributed by atoms with Crippen LogP contribution in [0.5, 0.6) is 5.75 Å². The maximum Gasteiger partial charge on any atom is 0.258 e. The summed E-state index contributed by atoms with van der Waals surface area (Å²) in [6.07, 6.45) is 0. The largest absolute Gasteiger partial charge is 0.497 e. The molecule has 0 amide bonds. The van der Waals surface area contributed by atoms with Gasteiger partial charge in [-0.2, -0.15) is 12.6 Å². The second-order valence-electron chi connectivity index (χ2n) is 4.65. The van der Waals surface area contributed by atoms with E-state index in [1.165, 1.54) is 0 Å². The molecular formula is C16H14N2O2S. The Bertz CT molecular complexity index is 831. The van der Waals surface area contributed by atoms with Gasteiger partial charge in [0.05, 0.1) is 23.3 Å². The molecule has 0 saturated carbocycles. The number of aromatic nitrogens is 2. The van der Waals surface area contributed by atoms with E-state index >= 15 is 0 Å². The first-order valence-corrected chi connectivity index (χ1v) is 7.01. The molecule has 0 aliphatic rings. The zero-order valence-corrected chi connectivity index (χ0v) is 12.3. The van der Waals surface area contributed by atoms with Crippen molar-refractivity contribution in [1.29, 1.82) is 0 Å². The highest BCUT2D eigenvalue weighted by molar-refractivity contribution is 7.80. The predicted molar refractivity (Wildman–Crippen MR) is 86.2 cm³/mol. The summed E-state index contributed by atoms with van der Waals surface area (Å²) in [5.41, 5.74) is 1.42. The quantitative estimate of drug-likeness (QED) is 0.731. The molecule has 1 N–H and O–H groups in total. The van der Waals surface area contributed by atoms with Crippen LogP contribution in [0.4, 0.5) is 0 Å². The van der Waals surface area contributed by atoms with Crippen molar-refractivity contribution < 1.29 is 4.74 Å². The van der Waals surface area contributed by atoms with Crippen molar-refractivity contribution in [3.63, 3.8) is 0 Å². The smallest absolute Gasteiger partial charge is 0.258 e. The maximum atomic E-state index is 12.2. The van der Waals surface area contributed by atoms with E-state index in [2.05, 4.69) is 22.6 Å². The summed E-state index contributed by atoms with van der Waals surface area (Å²) in [5.74, 6) is 1.17. The molecule has 1 atom stereocenters. The van der Waals surface area contributed by atoms with E-state index in [9.17, 15) is 4.79 Å². The summed E-state index contributed by atoms with van der Waals surface area (Å²) in [4.78, 5) is 19.5. The lowest BCUT2D eigenvalue weighted by molar-refractivity contribution is 0.415. The highest BCUT2D eigenvalue weighted by atomic mass is 32.1. The number of rotatable bonds is 3. The molecule has 0 saturated heterocycles. The summed E-state index contributed by atoms with van der Waals surface area (Å²) in [6.45, 7) is 0. The number of thiol groups is 1. The zero-order chi connectivity index (χ0) is 14.8. The van der Waals surface area contributed by atoms with Crippen LogP contribution in [-0.4, -0.2) is 17.1 Å². The fourth-order valence-corrected chi connectivity index (χ4v) is 2.48. The molecule has 0 aliphatic carbocycles. The van der Waals surface area contributed by atoms with Crippen LogP contribution in [0.3, 0.4) is 0 Å². The fraction of sp³-hybridized carbons (Fsp3) is 0.125. The van der Waals surface area contributed by atoms with E-state index in [1.807, 2.05) is 30.3 Å². The van der Waals surface area contributed by atoms with E-state index in [4.69, 9.17) is 4.74 Å². The minimum absolute atomic E-state index is 0.191. The van der Waals surface area contributed by atoms with Gasteiger partial charge in [0.25, 0.3) is 5.56 Å². The second kappa shape index (κ2) is 5.61. The third kappa shape index (κ3) is 2.64. The van der Waals surface area contributed by atoms with Crippen LogP contribution in [0.15, 0.2) is 53.3 Å². The van der Waals surface area contributed by atoms with Crippen LogP contribution >= 0.6 is 12.6 Å². The molecule has 2 aromatic carbocycles.